The summed E-state index contributed by atoms with van der Waals surface area (Å²) >= 11 is 0. The Bertz CT molecular complexity index is 413. The fourth-order valence-corrected chi connectivity index (χ4v) is 1.46. The second kappa shape index (κ2) is 2.63. The van der Waals surface area contributed by atoms with E-state index in [-0.39, 0.29) is 0 Å². The summed E-state index contributed by atoms with van der Waals surface area (Å²) in [5.41, 5.74) is 2.60. The maximum Gasteiger partial charge on any atom is -0.00963 e. The first-order valence-corrected chi connectivity index (χ1v) is 4.15. The van der Waals surface area contributed by atoms with Gasteiger partial charge in [0.15, 0.2) is 0 Å². The van der Waals surface area contributed by atoms with Gasteiger partial charge in [-0.05, 0) is 41.8 Å². The Labute approximate surface area is 72.8 Å². The van der Waals surface area contributed by atoms with E-state index < -0.39 is 0 Å². The van der Waals surface area contributed by atoms with E-state index in [1.54, 1.807) is 0 Å². The Morgan fingerprint density at radius 1 is 1.17 bits per heavy atom. The van der Waals surface area contributed by atoms with E-state index in [2.05, 4.69) is 44.2 Å². The van der Waals surface area contributed by atoms with Crippen LogP contribution in [0.4, 0.5) is 0 Å². The maximum atomic E-state index is 3.26. The molecule has 0 amide bonds. The molecule has 0 aromatic heterocycles. The smallest absolute Gasteiger partial charge is 0.00963 e. The molecule has 0 atom stereocenters. The van der Waals surface area contributed by atoms with Gasteiger partial charge >= 0.3 is 0 Å². The van der Waals surface area contributed by atoms with Gasteiger partial charge in [-0.15, -0.1) is 0 Å². The molecule has 0 bridgehead atoms. The zero-order valence-corrected chi connectivity index (χ0v) is 7.39. The predicted octanol–water partition coefficient (Wildman–Crippen LogP) is 3.26. The van der Waals surface area contributed by atoms with Gasteiger partial charge in [-0.3, -0.25) is 0 Å². The van der Waals surface area contributed by atoms with Gasteiger partial charge in [-0.1, -0.05) is 30.3 Å². The largest absolute Gasteiger partial charge is 0.0613 e. The van der Waals surface area contributed by atoms with Gasteiger partial charge < -0.3 is 0 Å². The molecule has 0 N–H and O–H groups in total. The summed E-state index contributed by atoms with van der Waals surface area (Å²) in [6, 6.07) is 13.8. The number of aryl methyl sites for hydroxylation is 2. The van der Waals surface area contributed by atoms with Crippen molar-refractivity contribution >= 4 is 10.8 Å². The Morgan fingerprint density at radius 2 is 2.00 bits per heavy atom. The van der Waals surface area contributed by atoms with Crippen molar-refractivity contribution in [2.75, 3.05) is 0 Å². The summed E-state index contributed by atoms with van der Waals surface area (Å²) in [5.74, 6) is 0. The van der Waals surface area contributed by atoms with Gasteiger partial charge in [0.25, 0.3) is 0 Å². The second-order valence-electron chi connectivity index (χ2n) is 3.21. The molecule has 2 rings (SSSR count). The summed E-state index contributed by atoms with van der Waals surface area (Å²) in [7, 11) is 0. The van der Waals surface area contributed by atoms with E-state index >= 15 is 0 Å². The van der Waals surface area contributed by atoms with Crippen LogP contribution in [0.25, 0.3) is 10.8 Å². The van der Waals surface area contributed by atoms with Crippen molar-refractivity contribution < 1.29 is 0 Å². The molecule has 0 heterocycles. The van der Waals surface area contributed by atoms with Gasteiger partial charge in [-0.2, -0.15) is 0 Å². The van der Waals surface area contributed by atoms with Crippen molar-refractivity contribution in [2.24, 2.45) is 0 Å². The molecule has 0 aliphatic carbocycles. The Hall–Kier alpha value is -1.30. The molecule has 0 aliphatic heterocycles. The van der Waals surface area contributed by atoms with E-state index in [4.69, 9.17) is 0 Å². The van der Waals surface area contributed by atoms with Crippen LogP contribution in [0.1, 0.15) is 11.1 Å². The van der Waals surface area contributed by atoms with E-state index in [0.717, 1.165) is 0 Å². The lowest BCUT2D eigenvalue weighted by atomic mass is 10.0. The molecule has 59 valence electrons. The molecule has 2 aromatic carbocycles. The van der Waals surface area contributed by atoms with Crippen LogP contribution in [-0.4, -0.2) is 0 Å². The molecular formula is C12H11. The standard InChI is InChI=1S/C12H11/c1-9-6-7-11-5-3-4-10(2)12(11)8-9/h3-6,8H,1-2H3. The topological polar surface area (TPSA) is 0 Å². The normalized spacial score (nSPS) is 10.5. The van der Waals surface area contributed by atoms with Crippen LogP contribution in [-0.2, 0) is 0 Å². The Balaban J connectivity index is 2.88. The summed E-state index contributed by atoms with van der Waals surface area (Å²) in [6.07, 6.45) is 0. The molecule has 0 spiro atoms. The van der Waals surface area contributed by atoms with Crippen LogP contribution in [0.2, 0.25) is 0 Å². The van der Waals surface area contributed by atoms with Gasteiger partial charge in [0.05, 0.1) is 0 Å². The summed E-state index contributed by atoms with van der Waals surface area (Å²) in [6.45, 7) is 4.23. The number of benzene rings is 2. The van der Waals surface area contributed by atoms with Crippen LogP contribution in [0.5, 0.6) is 0 Å². The molecule has 0 unspecified atom stereocenters. The lowest BCUT2D eigenvalue weighted by molar-refractivity contribution is 1.47. The van der Waals surface area contributed by atoms with Crippen LogP contribution < -0.4 is 0 Å². The third-order valence-electron chi connectivity index (χ3n) is 2.15. The minimum Gasteiger partial charge on any atom is -0.0613 e. The average molecular weight is 155 g/mol. The van der Waals surface area contributed by atoms with Crippen LogP contribution in [0.15, 0.2) is 30.3 Å². The average Bonchev–Trinajstić information content (AvgIpc) is 2.07. The predicted molar refractivity (Wildman–Crippen MR) is 52.3 cm³/mol. The summed E-state index contributed by atoms with van der Waals surface area (Å²) < 4.78 is 0. The molecular weight excluding hydrogens is 144 g/mol. The molecule has 0 fully saturated rings. The van der Waals surface area contributed by atoms with Gasteiger partial charge in [0, 0.05) is 0 Å². The van der Waals surface area contributed by atoms with Crippen molar-refractivity contribution in [1.29, 1.82) is 0 Å². The van der Waals surface area contributed by atoms with Crippen molar-refractivity contribution in [3.63, 3.8) is 0 Å². The monoisotopic (exact) mass is 155 g/mol. The van der Waals surface area contributed by atoms with E-state index in [0.29, 0.717) is 0 Å². The molecule has 0 saturated carbocycles. The molecule has 2 aromatic rings. The van der Waals surface area contributed by atoms with Gasteiger partial charge in [0.1, 0.15) is 0 Å². The highest BCUT2D eigenvalue weighted by Gasteiger charge is 1.95. The zero-order valence-electron chi connectivity index (χ0n) is 7.39. The van der Waals surface area contributed by atoms with E-state index in [9.17, 15) is 0 Å². The second-order valence-corrected chi connectivity index (χ2v) is 3.21. The number of rotatable bonds is 0. The van der Waals surface area contributed by atoms with E-state index in [1.165, 1.54) is 21.9 Å². The Morgan fingerprint density at radius 3 is 2.83 bits per heavy atom. The number of hydrogen-bond acceptors (Lipinski definition) is 0. The first-order chi connectivity index (χ1) is 5.77. The maximum absolute atomic E-state index is 3.26. The van der Waals surface area contributed by atoms with Crippen molar-refractivity contribution in [2.45, 2.75) is 13.8 Å². The van der Waals surface area contributed by atoms with Crippen LogP contribution in [0, 0.1) is 19.9 Å². The minimum atomic E-state index is 1.21. The van der Waals surface area contributed by atoms with Gasteiger partial charge in [-0.25, -0.2) is 0 Å². The fraction of sp³-hybridized carbons (Fsp3) is 0.167. The minimum absolute atomic E-state index is 1.21. The quantitative estimate of drug-likeness (QED) is 0.547. The first kappa shape index (κ1) is 7.35. The van der Waals surface area contributed by atoms with Crippen molar-refractivity contribution in [1.82, 2.24) is 0 Å². The van der Waals surface area contributed by atoms with Crippen LogP contribution in [0.3, 0.4) is 0 Å². The third kappa shape index (κ3) is 1.10. The lowest BCUT2D eigenvalue weighted by Crippen LogP contribution is -1.79. The molecule has 0 aliphatic rings. The van der Waals surface area contributed by atoms with Crippen molar-refractivity contribution in [3.05, 3.63) is 47.5 Å². The summed E-state index contributed by atoms with van der Waals surface area (Å²) in [4.78, 5) is 0. The number of fused-ring (bicyclic) bond motifs is 1. The molecule has 0 heteroatoms. The SMILES string of the molecule is Cc1c[c]c2cccc(C)c2c1. The van der Waals surface area contributed by atoms with E-state index in [1.807, 2.05) is 6.07 Å². The van der Waals surface area contributed by atoms with Crippen molar-refractivity contribution in [3.8, 4) is 0 Å². The Kier molecular flexibility index (Phi) is 1.61. The third-order valence-corrected chi connectivity index (χ3v) is 2.15. The molecule has 12 heavy (non-hydrogen) atoms. The fourth-order valence-electron chi connectivity index (χ4n) is 1.46. The highest BCUT2D eigenvalue weighted by molar-refractivity contribution is 5.85. The van der Waals surface area contributed by atoms with Gasteiger partial charge in [0.2, 0.25) is 0 Å². The molecule has 1 radical (unpaired) electrons. The van der Waals surface area contributed by atoms with Crippen LogP contribution >= 0.6 is 0 Å². The first-order valence-electron chi connectivity index (χ1n) is 4.15. The highest BCUT2D eigenvalue weighted by Crippen LogP contribution is 2.18. The molecule has 0 saturated heterocycles. The lowest BCUT2D eigenvalue weighted by Gasteiger charge is -2.01. The summed E-state index contributed by atoms with van der Waals surface area (Å²) in [5, 5.41) is 2.53. The molecule has 0 nitrogen and oxygen atoms in total. The zero-order chi connectivity index (χ0) is 8.55. The number of hydrogen-bond donors (Lipinski definition) is 0. The highest BCUT2D eigenvalue weighted by atomic mass is 14.0.